The first-order valence-corrected chi connectivity index (χ1v) is 15.4. The van der Waals surface area contributed by atoms with Crippen LogP contribution in [-0.4, -0.2) is 66.3 Å². The number of halogens is 2. The highest BCUT2D eigenvalue weighted by Crippen LogP contribution is 2.45. The summed E-state index contributed by atoms with van der Waals surface area (Å²) in [7, 11) is 2.07. The van der Waals surface area contributed by atoms with Gasteiger partial charge in [0.25, 0.3) is 0 Å². The molecule has 42 heavy (non-hydrogen) atoms. The Labute approximate surface area is 258 Å². The summed E-state index contributed by atoms with van der Waals surface area (Å²) in [6.45, 7) is 3.63. The van der Waals surface area contributed by atoms with E-state index in [2.05, 4.69) is 35.7 Å². The van der Waals surface area contributed by atoms with Crippen molar-refractivity contribution in [1.29, 1.82) is 0 Å². The Kier molecular flexibility index (Phi) is 12.5. The maximum atomic E-state index is 11.1. The molecule has 226 valence electrons. The average Bonchev–Trinajstić information content (AvgIpc) is 3.59. The number of amides is 1. The van der Waals surface area contributed by atoms with Gasteiger partial charge in [0, 0.05) is 91.2 Å². The predicted octanol–water partition coefficient (Wildman–Crippen LogP) is 6.23. The molecule has 4 N–H and O–H groups in total. The SMILES string of the molecule is CCC(N)CC=O.CCl.CN1CCc2c1cc(O)c1ccccc21.O=CN1CC(CCl)C2=C1C=C(O)C1=CC=CCC12. The fourth-order valence-electron chi connectivity index (χ4n) is 5.77. The van der Waals surface area contributed by atoms with Crippen molar-refractivity contribution in [2.45, 2.75) is 38.6 Å². The van der Waals surface area contributed by atoms with E-state index in [0.29, 0.717) is 24.6 Å². The largest absolute Gasteiger partial charge is 0.508 e. The zero-order chi connectivity index (χ0) is 30.8. The van der Waals surface area contributed by atoms with E-state index in [9.17, 15) is 19.8 Å². The number of rotatable bonds is 5. The van der Waals surface area contributed by atoms with Crippen molar-refractivity contribution in [3.63, 3.8) is 0 Å². The Morgan fingerprint density at radius 2 is 1.88 bits per heavy atom. The maximum absolute atomic E-state index is 11.1. The molecule has 2 aromatic rings. The van der Waals surface area contributed by atoms with Gasteiger partial charge in [-0.05, 0) is 35.8 Å². The van der Waals surface area contributed by atoms with Crippen LogP contribution in [0.1, 0.15) is 31.7 Å². The lowest BCUT2D eigenvalue weighted by Gasteiger charge is -2.29. The Morgan fingerprint density at radius 3 is 2.50 bits per heavy atom. The summed E-state index contributed by atoms with van der Waals surface area (Å²) in [5.74, 6) is 1.52. The number of aromatic hydroxyl groups is 1. The molecule has 0 fully saturated rings. The molecule has 9 heteroatoms. The zero-order valence-corrected chi connectivity index (χ0v) is 26.0. The predicted molar refractivity (Wildman–Crippen MR) is 173 cm³/mol. The number of benzene rings is 2. The van der Waals surface area contributed by atoms with Gasteiger partial charge in [-0.15, -0.1) is 23.2 Å². The van der Waals surface area contributed by atoms with E-state index in [0.717, 1.165) is 55.2 Å². The minimum Gasteiger partial charge on any atom is -0.508 e. The van der Waals surface area contributed by atoms with Gasteiger partial charge in [0.1, 0.15) is 17.8 Å². The monoisotopic (exact) mass is 613 g/mol. The van der Waals surface area contributed by atoms with E-state index >= 15 is 0 Å². The van der Waals surface area contributed by atoms with E-state index in [4.69, 9.17) is 17.3 Å². The van der Waals surface area contributed by atoms with Crippen LogP contribution in [0.3, 0.4) is 0 Å². The zero-order valence-electron chi connectivity index (χ0n) is 24.5. The van der Waals surface area contributed by atoms with Crippen molar-refractivity contribution in [2.24, 2.45) is 17.6 Å². The molecule has 6 rings (SSSR count). The molecule has 3 unspecified atom stereocenters. The Morgan fingerprint density at radius 1 is 1.17 bits per heavy atom. The molecule has 0 saturated heterocycles. The Bertz CT molecular complexity index is 1380. The fraction of sp³-hybridized carbons (Fsp3) is 0.394. The van der Waals surface area contributed by atoms with Gasteiger partial charge in [-0.2, -0.15) is 0 Å². The lowest BCUT2D eigenvalue weighted by atomic mass is 9.76. The van der Waals surface area contributed by atoms with E-state index < -0.39 is 0 Å². The van der Waals surface area contributed by atoms with Crippen LogP contribution >= 0.6 is 23.2 Å². The molecule has 2 aliphatic heterocycles. The van der Waals surface area contributed by atoms with Crippen LogP contribution in [0.4, 0.5) is 5.69 Å². The van der Waals surface area contributed by atoms with Crippen LogP contribution < -0.4 is 10.6 Å². The molecule has 2 aromatic carbocycles. The normalized spacial score (nSPS) is 20.3. The number of carbonyl (C=O) groups excluding carboxylic acids is 2. The molecule has 0 aromatic heterocycles. The van der Waals surface area contributed by atoms with Crippen molar-refractivity contribution in [2.75, 3.05) is 37.3 Å². The smallest absolute Gasteiger partial charge is 0.214 e. The molecule has 3 atom stereocenters. The van der Waals surface area contributed by atoms with Crippen LogP contribution in [0.15, 0.2) is 77.2 Å². The van der Waals surface area contributed by atoms with Gasteiger partial charge >= 0.3 is 0 Å². The quantitative estimate of drug-likeness (QED) is 0.272. The summed E-state index contributed by atoms with van der Waals surface area (Å²) in [5.41, 5.74) is 10.9. The minimum absolute atomic E-state index is 0.0810. The highest BCUT2D eigenvalue weighted by Gasteiger charge is 2.39. The highest BCUT2D eigenvalue weighted by molar-refractivity contribution is 6.18. The molecule has 0 spiro atoms. The molecule has 0 bridgehead atoms. The lowest BCUT2D eigenvalue weighted by molar-refractivity contribution is -0.116. The fourth-order valence-corrected chi connectivity index (χ4v) is 6.03. The number of hydrogen-bond acceptors (Lipinski definition) is 6. The molecular formula is C33H41Cl2N3O4. The maximum Gasteiger partial charge on any atom is 0.214 e. The molecule has 4 aliphatic rings. The van der Waals surface area contributed by atoms with Gasteiger partial charge in [-0.25, -0.2) is 0 Å². The van der Waals surface area contributed by atoms with E-state index in [-0.39, 0.29) is 23.6 Å². The molecule has 0 radical (unpaired) electrons. The molecular weight excluding hydrogens is 573 g/mol. The second-order valence-corrected chi connectivity index (χ2v) is 10.8. The minimum atomic E-state index is 0.0810. The standard InChI is InChI=1S/C14H14ClNO2.C13H13NO.C5H11NO.CH3Cl/c15-6-9-7-16(8-17)12-5-13(18)10-3-1-2-4-11(10)14(9)12;1-14-7-6-10-9-4-2-3-5-11(9)13(15)8-12(10)14;1-2-5(6)3-4-7;1-2/h1-3,5,8-9,11,18H,4,6-7H2;2-5,8,15H,6-7H2,1H3;4-5H,2-3,6H2,1H3;1H3. The average molecular weight is 615 g/mol. The number of fused-ring (bicyclic) bond motifs is 5. The molecule has 2 heterocycles. The van der Waals surface area contributed by atoms with Crippen molar-refractivity contribution < 1.29 is 19.8 Å². The van der Waals surface area contributed by atoms with Gasteiger partial charge in [0.2, 0.25) is 6.41 Å². The molecule has 0 saturated carbocycles. The summed E-state index contributed by atoms with van der Waals surface area (Å²) < 4.78 is 0. The molecule has 7 nitrogen and oxygen atoms in total. The number of nitrogens with two attached hydrogens (primary N) is 1. The second-order valence-electron chi connectivity index (χ2n) is 10.5. The van der Waals surface area contributed by atoms with Crippen molar-refractivity contribution in [3.8, 4) is 5.75 Å². The van der Waals surface area contributed by atoms with Gasteiger partial charge < -0.3 is 30.5 Å². The van der Waals surface area contributed by atoms with E-state index in [1.54, 1.807) is 11.0 Å². The van der Waals surface area contributed by atoms with Crippen LogP contribution in [0.5, 0.6) is 5.75 Å². The summed E-state index contributed by atoms with van der Waals surface area (Å²) >= 11 is 10.7. The third-order valence-electron chi connectivity index (χ3n) is 8.02. The number of nitrogens with zero attached hydrogens (tertiary/aromatic N) is 2. The van der Waals surface area contributed by atoms with Gasteiger partial charge in [-0.3, -0.25) is 4.79 Å². The summed E-state index contributed by atoms with van der Waals surface area (Å²) in [6, 6.07) is 10.0. The number of phenolic OH excluding ortho intramolecular Hbond substituents is 1. The van der Waals surface area contributed by atoms with Crippen molar-refractivity contribution in [1.82, 2.24) is 4.90 Å². The van der Waals surface area contributed by atoms with E-state index in [1.165, 1.54) is 28.6 Å². The number of likely N-dealkylation sites (N-methyl/N-ethyl adjacent to an activating group) is 1. The van der Waals surface area contributed by atoms with Crippen LogP contribution in [0.2, 0.25) is 0 Å². The topological polar surface area (TPSA) is 107 Å². The van der Waals surface area contributed by atoms with Crippen LogP contribution in [0, 0.1) is 11.8 Å². The Hall–Kier alpha value is -3.26. The number of aliphatic hydroxyl groups excluding tert-OH is 1. The second kappa shape index (κ2) is 15.8. The number of phenols is 1. The van der Waals surface area contributed by atoms with Crippen LogP contribution in [-0.2, 0) is 16.0 Å². The summed E-state index contributed by atoms with van der Waals surface area (Å²) in [4.78, 5) is 24.6. The first-order chi connectivity index (χ1) is 20.3. The molecule has 2 aliphatic carbocycles. The van der Waals surface area contributed by atoms with Crippen LogP contribution in [0.25, 0.3) is 10.8 Å². The number of aldehydes is 1. The number of hydrogen-bond donors (Lipinski definition) is 3. The first-order valence-electron chi connectivity index (χ1n) is 14.2. The van der Waals surface area contributed by atoms with Crippen molar-refractivity contribution >= 4 is 52.4 Å². The highest BCUT2D eigenvalue weighted by atomic mass is 35.5. The number of allylic oxidation sites excluding steroid dienone is 5. The molecule has 1 amide bonds. The summed E-state index contributed by atoms with van der Waals surface area (Å²) in [5, 5.41) is 22.2. The number of anilines is 1. The Balaban J connectivity index is 0.000000183. The van der Waals surface area contributed by atoms with E-state index in [1.807, 2.05) is 43.3 Å². The lowest BCUT2D eigenvalue weighted by Crippen LogP contribution is -2.20. The summed E-state index contributed by atoms with van der Waals surface area (Å²) in [6.07, 6.45) is 14.2. The number of aliphatic hydroxyl groups is 1. The number of carbonyl (C=O) groups is 2. The van der Waals surface area contributed by atoms with Gasteiger partial charge in [-0.1, -0.05) is 49.4 Å². The van der Waals surface area contributed by atoms with Gasteiger partial charge in [0.05, 0.1) is 0 Å². The number of alkyl halides is 2. The third kappa shape index (κ3) is 7.20. The first kappa shape index (κ1) is 33.2. The van der Waals surface area contributed by atoms with Gasteiger partial charge in [0.15, 0.2) is 0 Å². The van der Waals surface area contributed by atoms with Crippen molar-refractivity contribution in [3.05, 3.63) is 82.8 Å². The third-order valence-corrected chi connectivity index (χ3v) is 8.39.